The van der Waals surface area contributed by atoms with Crippen molar-refractivity contribution in [1.29, 1.82) is 0 Å². The van der Waals surface area contributed by atoms with Gasteiger partial charge in [-0.15, -0.1) is 0 Å². The predicted octanol–water partition coefficient (Wildman–Crippen LogP) is 2.68. The van der Waals surface area contributed by atoms with Gasteiger partial charge in [0, 0.05) is 18.8 Å². The van der Waals surface area contributed by atoms with E-state index in [0.717, 1.165) is 18.4 Å². The molecule has 1 N–H and O–H groups in total. The zero-order valence-electron chi connectivity index (χ0n) is 11.2. The summed E-state index contributed by atoms with van der Waals surface area (Å²) in [6.45, 7) is 11.4. The van der Waals surface area contributed by atoms with E-state index in [1.54, 1.807) is 0 Å². The van der Waals surface area contributed by atoms with Gasteiger partial charge >= 0.3 is 0 Å². The average Bonchev–Trinajstić information content (AvgIpc) is 2.73. The molecular weight excluding hydrogens is 208 g/mol. The summed E-state index contributed by atoms with van der Waals surface area (Å²) in [4.78, 5) is 2.49. The van der Waals surface area contributed by atoms with Crippen LogP contribution in [0.5, 0.6) is 0 Å². The molecule has 2 unspecified atom stereocenters. The Morgan fingerprint density at radius 2 is 1.94 bits per heavy atom. The molecule has 0 aliphatic carbocycles. The highest BCUT2D eigenvalue weighted by atomic mass is 15.1. The molecule has 0 amide bonds. The van der Waals surface area contributed by atoms with Crippen molar-refractivity contribution in [3.8, 4) is 0 Å². The van der Waals surface area contributed by atoms with Crippen LogP contribution in [0.15, 0.2) is 24.3 Å². The third-order valence-corrected chi connectivity index (χ3v) is 3.91. The Bertz CT molecular complexity index is 344. The van der Waals surface area contributed by atoms with E-state index in [1.807, 2.05) is 0 Å². The van der Waals surface area contributed by atoms with Crippen LogP contribution in [0.4, 0.5) is 5.69 Å². The monoisotopic (exact) mass is 232 g/mol. The van der Waals surface area contributed by atoms with Gasteiger partial charge in [-0.05, 0) is 50.9 Å². The zero-order valence-corrected chi connectivity index (χ0v) is 11.2. The van der Waals surface area contributed by atoms with Crippen molar-refractivity contribution in [2.45, 2.75) is 20.8 Å². The summed E-state index contributed by atoms with van der Waals surface area (Å²) in [5, 5.41) is 3.49. The normalized spacial score (nSPS) is 23.9. The molecule has 1 saturated heterocycles. The first-order valence-electron chi connectivity index (χ1n) is 6.73. The molecule has 1 aromatic carbocycles. The maximum Gasteiger partial charge on any atom is 0.0366 e. The molecule has 94 valence electrons. The molecular formula is C15H24N2. The summed E-state index contributed by atoms with van der Waals surface area (Å²) in [7, 11) is 0. The van der Waals surface area contributed by atoms with E-state index < -0.39 is 0 Å². The second-order valence-corrected chi connectivity index (χ2v) is 5.27. The summed E-state index contributed by atoms with van der Waals surface area (Å²) < 4.78 is 0. The number of nitrogens with one attached hydrogen (secondary N) is 1. The number of nitrogens with zero attached hydrogens (tertiary/aromatic N) is 1. The van der Waals surface area contributed by atoms with Gasteiger partial charge in [0.2, 0.25) is 0 Å². The highest BCUT2D eigenvalue weighted by molar-refractivity contribution is 5.47. The van der Waals surface area contributed by atoms with Gasteiger partial charge < -0.3 is 10.2 Å². The van der Waals surface area contributed by atoms with Gasteiger partial charge in [0.1, 0.15) is 0 Å². The van der Waals surface area contributed by atoms with Crippen molar-refractivity contribution < 1.29 is 0 Å². The number of hydrogen-bond donors (Lipinski definition) is 1. The second kappa shape index (κ2) is 5.54. The lowest BCUT2D eigenvalue weighted by atomic mass is 9.97. The Balaban J connectivity index is 2.03. The average molecular weight is 232 g/mol. The highest BCUT2D eigenvalue weighted by Gasteiger charge is 2.24. The molecule has 1 heterocycles. The first kappa shape index (κ1) is 12.4. The van der Waals surface area contributed by atoms with E-state index in [4.69, 9.17) is 0 Å². The fraction of sp³-hybridized carbons (Fsp3) is 0.600. The van der Waals surface area contributed by atoms with Crippen LogP contribution < -0.4 is 10.2 Å². The number of rotatable bonds is 4. The van der Waals surface area contributed by atoms with Gasteiger partial charge in [0.25, 0.3) is 0 Å². The fourth-order valence-corrected chi connectivity index (χ4v) is 2.56. The Kier molecular flexibility index (Phi) is 4.06. The van der Waals surface area contributed by atoms with Crippen molar-refractivity contribution in [2.24, 2.45) is 11.8 Å². The smallest absolute Gasteiger partial charge is 0.0366 e. The van der Waals surface area contributed by atoms with Gasteiger partial charge in [-0.2, -0.15) is 0 Å². The van der Waals surface area contributed by atoms with Crippen LogP contribution in [0.2, 0.25) is 0 Å². The van der Waals surface area contributed by atoms with E-state index in [1.165, 1.54) is 30.9 Å². The highest BCUT2D eigenvalue weighted by Crippen LogP contribution is 2.21. The van der Waals surface area contributed by atoms with Crippen LogP contribution in [0.3, 0.4) is 0 Å². The van der Waals surface area contributed by atoms with Crippen molar-refractivity contribution >= 4 is 5.69 Å². The molecule has 0 aromatic heterocycles. The predicted molar refractivity (Wildman–Crippen MR) is 74.6 cm³/mol. The summed E-state index contributed by atoms with van der Waals surface area (Å²) in [5.41, 5.74) is 2.69. The summed E-state index contributed by atoms with van der Waals surface area (Å²) >= 11 is 0. The maximum absolute atomic E-state index is 3.49. The summed E-state index contributed by atoms with van der Waals surface area (Å²) in [5.74, 6) is 1.59. The number of benzene rings is 1. The van der Waals surface area contributed by atoms with Crippen LogP contribution >= 0.6 is 0 Å². The molecule has 2 nitrogen and oxygen atoms in total. The molecule has 0 spiro atoms. The van der Waals surface area contributed by atoms with E-state index >= 15 is 0 Å². The van der Waals surface area contributed by atoms with Crippen LogP contribution in [-0.2, 0) is 0 Å². The Morgan fingerprint density at radius 1 is 1.24 bits per heavy atom. The quantitative estimate of drug-likeness (QED) is 0.858. The van der Waals surface area contributed by atoms with Crippen molar-refractivity contribution in [3.05, 3.63) is 29.8 Å². The number of hydrogen-bond acceptors (Lipinski definition) is 2. The molecule has 0 saturated carbocycles. The molecule has 2 atom stereocenters. The van der Waals surface area contributed by atoms with Gasteiger partial charge in [-0.25, -0.2) is 0 Å². The van der Waals surface area contributed by atoms with Crippen LogP contribution in [-0.4, -0.2) is 26.2 Å². The minimum atomic E-state index is 0.788. The van der Waals surface area contributed by atoms with Crippen LogP contribution in [0.25, 0.3) is 0 Å². The fourth-order valence-electron chi connectivity index (χ4n) is 2.56. The van der Waals surface area contributed by atoms with E-state index in [-0.39, 0.29) is 0 Å². The molecule has 1 aromatic rings. The lowest BCUT2D eigenvalue weighted by Crippen LogP contribution is -2.32. The van der Waals surface area contributed by atoms with Gasteiger partial charge in [0.05, 0.1) is 0 Å². The Morgan fingerprint density at radius 3 is 2.47 bits per heavy atom. The standard InChI is InChI=1S/C15H24N2/c1-4-17(11-14-10-16-9-13(14)3)15-7-5-12(2)6-8-15/h5-8,13-14,16H,4,9-11H2,1-3H3. The molecule has 0 radical (unpaired) electrons. The molecule has 1 aliphatic rings. The topological polar surface area (TPSA) is 15.3 Å². The number of anilines is 1. The molecule has 2 rings (SSSR count). The number of aryl methyl sites for hydroxylation is 1. The minimum absolute atomic E-state index is 0.788. The maximum atomic E-state index is 3.49. The molecule has 1 aliphatic heterocycles. The van der Waals surface area contributed by atoms with E-state index in [0.29, 0.717) is 0 Å². The van der Waals surface area contributed by atoms with E-state index in [9.17, 15) is 0 Å². The molecule has 1 fully saturated rings. The zero-order chi connectivity index (χ0) is 12.3. The van der Waals surface area contributed by atoms with Gasteiger partial charge in [-0.1, -0.05) is 24.6 Å². The Hall–Kier alpha value is -1.02. The second-order valence-electron chi connectivity index (χ2n) is 5.27. The SMILES string of the molecule is CCN(CC1CNCC1C)c1ccc(C)cc1. The molecule has 17 heavy (non-hydrogen) atoms. The molecule has 2 heteroatoms. The third-order valence-electron chi connectivity index (χ3n) is 3.91. The van der Waals surface area contributed by atoms with Gasteiger partial charge in [0.15, 0.2) is 0 Å². The lowest BCUT2D eigenvalue weighted by molar-refractivity contribution is 0.449. The van der Waals surface area contributed by atoms with Crippen LogP contribution in [0.1, 0.15) is 19.4 Å². The van der Waals surface area contributed by atoms with Crippen LogP contribution in [0, 0.1) is 18.8 Å². The van der Waals surface area contributed by atoms with Crippen molar-refractivity contribution in [3.63, 3.8) is 0 Å². The largest absolute Gasteiger partial charge is 0.371 e. The lowest BCUT2D eigenvalue weighted by Gasteiger charge is -2.28. The minimum Gasteiger partial charge on any atom is -0.371 e. The summed E-state index contributed by atoms with van der Waals surface area (Å²) in [6, 6.07) is 8.89. The molecule has 0 bridgehead atoms. The van der Waals surface area contributed by atoms with Crippen molar-refractivity contribution in [1.82, 2.24) is 5.32 Å². The Labute approximate surface area is 105 Å². The third kappa shape index (κ3) is 3.01. The van der Waals surface area contributed by atoms with Crippen molar-refractivity contribution in [2.75, 3.05) is 31.1 Å². The van der Waals surface area contributed by atoms with E-state index in [2.05, 4.69) is 55.3 Å². The first-order valence-corrected chi connectivity index (χ1v) is 6.73. The van der Waals surface area contributed by atoms with Gasteiger partial charge in [-0.3, -0.25) is 0 Å². The first-order chi connectivity index (χ1) is 8.20. The summed E-state index contributed by atoms with van der Waals surface area (Å²) in [6.07, 6.45) is 0.